The van der Waals surface area contributed by atoms with E-state index in [2.05, 4.69) is 34.6 Å². The van der Waals surface area contributed by atoms with Crippen LogP contribution in [0.15, 0.2) is 0 Å². The number of hydrogen-bond donors (Lipinski definition) is 2. The van der Waals surface area contributed by atoms with E-state index in [1.165, 1.54) is 24.1 Å². The molecule has 0 radical (unpaired) electrons. The van der Waals surface area contributed by atoms with Gasteiger partial charge in [-0.15, -0.1) is 0 Å². The third kappa shape index (κ3) is 7.74. The van der Waals surface area contributed by atoms with Gasteiger partial charge in [-0.2, -0.15) is 0 Å². The summed E-state index contributed by atoms with van der Waals surface area (Å²) < 4.78 is 1.26. The molecule has 0 unspecified atom stereocenters. The normalized spacial score (nSPS) is 10.7. The molecule has 0 rings (SSSR count). The highest BCUT2D eigenvalue weighted by atomic mass is 16.4. The molecular formula is C12H26NO4+. The van der Waals surface area contributed by atoms with Crippen molar-refractivity contribution in [1.29, 1.82) is 0 Å². The second kappa shape index (κ2) is 8.98. The van der Waals surface area contributed by atoms with Gasteiger partial charge in [0, 0.05) is 0 Å². The molecule has 0 aliphatic heterocycles. The van der Waals surface area contributed by atoms with Crippen LogP contribution in [0.4, 0.5) is 0 Å². The highest BCUT2D eigenvalue weighted by molar-refractivity contribution is 5.88. The highest BCUT2D eigenvalue weighted by Gasteiger charge is 2.24. The van der Waals surface area contributed by atoms with Crippen LogP contribution in [0.1, 0.15) is 41.0 Å². The fourth-order valence-corrected chi connectivity index (χ4v) is 1.90. The zero-order valence-electron chi connectivity index (χ0n) is 11.6. The maximum absolute atomic E-state index is 9.43. The van der Waals surface area contributed by atoms with Crippen LogP contribution in [0.2, 0.25) is 0 Å². The number of nitrogens with zero attached hydrogens (tertiary/aromatic N) is 1. The van der Waals surface area contributed by atoms with E-state index in [1.807, 2.05) is 0 Å². The van der Waals surface area contributed by atoms with Gasteiger partial charge in [-0.1, -0.05) is 0 Å². The van der Waals surface area contributed by atoms with Crippen molar-refractivity contribution in [2.45, 2.75) is 47.1 Å². The molecule has 0 spiro atoms. The first-order valence-corrected chi connectivity index (χ1v) is 6.05. The van der Waals surface area contributed by atoms with Crippen LogP contribution in [0.3, 0.4) is 0 Å². The van der Waals surface area contributed by atoms with Crippen LogP contribution < -0.4 is 0 Å². The Morgan fingerprint density at radius 2 is 1.24 bits per heavy atom. The smallest absolute Gasteiger partial charge is 0.314 e. The average molecular weight is 248 g/mol. The molecule has 17 heavy (non-hydrogen) atoms. The van der Waals surface area contributed by atoms with Crippen molar-refractivity contribution in [3.63, 3.8) is 0 Å². The number of rotatable bonds is 6. The minimum Gasteiger partial charge on any atom is -0.481 e. The molecule has 0 bridgehead atoms. The summed E-state index contributed by atoms with van der Waals surface area (Å²) >= 11 is 0. The van der Waals surface area contributed by atoms with E-state index in [9.17, 15) is 9.59 Å². The summed E-state index contributed by atoms with van der Waals surface area (Å²) in [6, 6.07) is 0.778. The van der Waals surface area contributed by atoms with Gasteiger partial charge < -0.3 is 14.7 Å². The molecule has 0 heterocycles. The van der Waals surface area contributed by atoms with Crippen LogP contribution in [0.25, 0.3) is 0 Å². The van der Waals surface area contributed by atoms with E-state index in [0.717, 1.165) is 6.04 Å². The largest absolute Gasteiger partial charge is 0.481 e. The Morgan fingerprint density at radius 1 is 0.941 bits per heavy atom. The Bertz CT molecular complexity index is 214. The predicted octanol–water partition coefficient (Wildman–Crippen LogP) is 1.82. The molecule has 5 heteroatoms. The Morgan fingerprint density at radius 3 is 1.24 bits per heavy atom. The Hall–Kier alpha value is -1.10. The van der Waals surface area contributed by atoms with Crippen molar-refractivity contribution >= 4 is 11.9 Å². The SMILES string of the molecule is CC[N+](CC)(CC)C(C)C.O=C(O)CC(=O)O. The van der Waals surface area contributed by atoms with Crippen LogP contribution >= 0.6 is 0 Å². The molecule has 5 nitrogen and oxygen atoms in total. The fraction of sp³-hybridized carbons (Fsp3) is 0.833. The number of carboxylic acid groups (broad SMARTS) is 2. The van der Waals surface area contributed by atoms with Crippen molar-refractivity contribution in [2.24, 2.45) is 0 Å². The number of carboxylic acids is 2. The van der Waals surface area contributed by atoms with Gasteiger partial charge in [0.05, 0.1) is 25.7 Å². The van der Waals surface area contributed by atoms with Gasteiger partial charge in [0.15, 0.2) is 0 Å². The van der Waals surface area contributed by atoms with E-state index in [-0.39, 0.29) is 0 Å². The molecule has 0 fully saturated rings. The summed E-state index contributed by atoms with van der Waals surface area (Å²) in [5, 5.41) is 15.4. The minimum atomic E-state index is -1.31. The van der Waals surface area contributed by atoms with Gasteiger partial charge >= 0.3 is 11.9 Å². The van der Waals surface area contributed by atoms with Crippen molar-refractivity contribution < 1.29 is 24.3 Å². The van der Waals surface area contributed by atoms with Gasteiger partial charge in [0.1, 0.15) is 6.42 Å². The summed E-state index contributed by atoms with van der Waals surface area (Å²) in [4.78, 5) is 18.9. The van der Waals surface area contributed by atoms with E-state index in [4.69, 9.17) is 10.2 Å². The maximum atomic E-state index is 9.43. The minimum absolute atomic E-state index is 0.778. The second-order valence-corrected chi connectivity index (χ2v) is 4.23. The zero-order chi connectivity index (χ0) is 14.1. The first-order valence-electron chi connectivity index (χ1n) is 6.05. The lowest BCUT2D eigenvalue weighted by molar-refractivity contribution is -0.943. The molecule has 2 N–H and O–H groups in total. The van der Waals surface area contributed by atoms with Gasteiger partial charge in [-0.3, -0.25) is 9.59 Å². The lowest BCUT2D eigenvalue weighted by Crippen LogP contribution is -2.52. The first-order chi connectivity index (χ1) is 7.75. The number of carbonyl (C=O) groups is 2. The fourth-order valence-electron chi connectivity index (χ4n) is 1.90. The van der Waals surface area contributed by atoms with Crippen molar-refractivity contribution in [3.8, 4) is 0 Å². The van der Waals surface area contributed by atoms with E-state index >= 15 is 0 Å². The van der Waals surface area contributed by atoms with Crippen LogP contribution in [0.5, 0.6) is 0 Å². The summed E-state index contributed by atoms with van der Waals surface area (Å²) in [5.74, 6) is -2.62. The highest BCUT2D eigenvalue weighted by Crippen LogP contribution is 2.11. The molecule has 0 aliphatic carbocycles. The first kappa shape index (κ1) is 18.3. The monoisotopic (exact) mass is 248 g/mol. The number of quaternary nitrogens is 1. The quantitative estimate of drug-likeness (QED) is 0.555. The van der Waals surface area contributed by atoms with E-state index in [0.29, 0.717) is 0 Å². The molecule has 0 atom stereocenters. The lowest BCUT2D eigenvalue weighted by Gasteiger charge is -2.39. The molecule has 0 aromatic carbocycles. The Labute approximate surface area is 104 Å². The standard InChI is InChI=1S/C9H22N.C3H4O4/c1-6-10(7-2,8-3)9(4)5;4-2(5)1-3(6)7/h9H,6-8H2,1-5H3;1H2,(H,4,5)(H,6,7)/q+1;. The van der Waals surface area contributed by atoms with Gasteiger partial charge in [-0.05, 0) is 34.6 Å². The number of hydrogen-bond acceptors (Lipinski definition) is 2. The molecule has 0 aromatic rings. The van der Waals surface area contributed by atoms with Crippen LogP contribution in [-0.4, -0.2) is 52.3 Å². The number of aliphatic carboxylic acids is 2. The second-order valence-electron chi connectivity index (χ2n) is 4.23. The van der Waals surface area contributed by atoms with Crippen molar-refractivity contribution in [3.05, 3.63) is 0 Å². The lowest BCUT2D eigenvalue weighted by atomic mass is 10.2. The van der Waals surface area contributed by atoms with Crippen LogP contribution in [-0.2, 0) is 9.59 Å². The molecule has 0 aliphatic rings. The summed E-state index contributed by atoms with van der Waals surface area (Å²) in [6.07, 6.45) is -0.806. The third-order valence-corrected chi connectivity index (χ3v) is 3.29. The summed E-state index contributed by atoms with van der Waals surface area (Å²) in [7, 11) is 0. The van der Waals surface area contributed by atoms with Crippen molar-refractivity contribution in [1.82, 2.24) is 0 Å². The molecule has 0 amide bonds. The predicted molar refractivity (Wildman–Crippen MR) is 66.9 cm³/mol. The maximum Gasteiger partial charge on any atom is 0.314 e. The van der Waals surface area contributed by atoms with E-state index in [1.54, 1.807) is 0 Å². The topological polar surface area (TPSA) is 74.6 Å². The van der Waals surface area contributed by atoms with Crippen molar-refractivity contribution in [2.75, 3.05) is 19.6 Å². The zero-order valence-corrected chi connectivity index (χ0v) is 11.6. The molecule has 102 valence electrons. The molecule has 0 saturated heterocycles. The van der Waals surface area contributed by atoms with Crippen LogP contribution in [0, 0.1) is 0 Å². The molecule has 0 aromatic heterocycles. The van der Waals surface area contributed by atoms with Gasteiger partial charge in [-0.25, -0.2) is 0 Å². The Balaban J connectivity index is 0. The molecule has 0 saturated carbocycles. The summed E-state index contributed by atoms with van der Waals surface area (Å²) in [6.45, 7) is 15.3. The van der Waals surface area contributed by atoms with E-state index < -0.39 is 18.4 Å². The van der Waals surface area contributed by atoms with Gasteiger partial charge in [0.2, 0.25) is 0 Å². The molecular weight excluding hydrogens is 222 g/mol. The summed E-state index contributed by atoms with van der Waals surface area (Å²) in [5.41, 5.74) is 0. The van der Waals surface area contributed by atoms with Gasteiger partial charge in [0.25, 0.3) is 0 Å². The third-order valence-electron chi connectivity index (χ3n) is 3.29. The Kier molecular flexibility index (Phi) is 9.66. The average Bonchev–Trinajstić information content (AvgIpc) is 2.19.